The molecular weight excluding hydrogens is 392 g/mol. The molecule has 3 aromatic carbocycles. The number of hydrogen-bond acceptors (Lipinski definition) is 5. The van der Waals surface area contributed by atoms with Crippen LogP contribution in [0, 0.1) is 12.8 Å². The molecule has 2 fully saturated rings. The van der Waals surface area contributed by atoms with Gasteiger partial charge in [-0.3, -0.25) is 14.4 Å². The van der Waals surface area contributed by atoms with Gasteiger partial charge in [-0.05, 0) is 36.8 Å². The molecule has 156 valence electrons. The van der Waals surface area contributed by atoms with Crippen LogP contribution in [0.25, 0.3) is 0 Å². The molecule has 3 aromatic rings. The molecule has 0 aliphatic carbocycles. The van der Waals surface area contributed by atoms with Crippen LogP contribution in [0.2, 0.25) is 0 Å². The Labute approximate surface area is 180 Å². The van der Waals surface area contributed by atoms with E-state index in [4.69, 9.17) is 9.57 Å². The van der Waals surface area contributed by atoms with Crippen LogP contribution in [0.1, 0.15) is 17.2 Å². The number of benzene rings is 3. The lowest BCUT2D eigenvalue weighted by atomic mass is 9.90. The van der Waals surface area contributed by atoms with Crippen LogP contribution in [0.3, 0.4) is 0 Å². The van der Waals surface area contributed by atoms with Crippen molar-refractivity contribution in [1.82, 2.24) is 0 Å². The number of carbonyl (C=O) groups excluding carboxylic acids is 2. The summed E-state index contributed by atoms with van der Waals surface area (Å²) in [6.07, 6.45) is -0.901. The van der Waals surface area contributed by atoms with E-state index in [9.17, 15) is 9.59 Å². The van der Waals surface area contributed by atoms with Crippen molar-refractivity contribution in [1.29, 1.82) is 0 Å². The van der Waals surface area contributed by atoms with Gasteiger partial charge in [-0.15, -0.1) is 0 Å². The Kier molecular flexibility index (Phi) is 4.71. The summed E-state index contributed by atoms with van der Waals surface area (Å²) in [4.78, 5) is 34.5. The summed E-state index contributed by atoms with van der Waals surface area (Å²) in [7, 11) is 1.60. The third kappa shape index (κ3) is 2.99. The average molecular weight is 414 g/mol. The second-order valence-electron chi connectivity index (χ2n) is 7.70. The number of methoxy groups -OCH3 is 1. The fourth-order valence-corrected chi connectivity index (χ4v) is 4.49. The molecule has 0 bridgehead atoms. The number of amides is 2. The highest BCUT2D eigenvalue weighted by Gasteiger charge is 2.60. The van der Waals surface area contributed by atoms with E-state index in [2.05, 4.69) is 0 Å². The predicted octanol–water partition coefficient (Wildman–Crippen LogP) is 4.05. The van der Waals surface area contributed by atoms with Crippen molar-refractivity contribution < 1.29 is 19.2 Å². The molecule has 0 spiro atoms. The fraction of sp³-hybridized carbons (Fsp3) is 0.200. The van der Waals surface area contributed by atoms with E-state index in [0.717, 1.165) is 16.8 Å². The minimum absolute atomic E-state index is 0.265. The van der Waals surface area contributed by atoms with Crippen LogP contribution < -0.4 is 14.7 Å². The van der Waals surface area contributed by atoms with Crippen LogP contribution in [0.4, 0.5) is 11.4 Å². The summed E-state index contributed by atoms with van der Waals surface area (Å²) in [5, 5.41) is 1.68. The predicted molar refractivity (Wildman–Crippen MR) is 117 cm³/mol. The number of rotatable bonds is 4. The first-order valence-electron chi connectivity index (χ1n) is 10.2. The zero-order valence-corrected chi connectivity index (χ0v) is 17.3. The highest BCUT2D eigenvalue weighted by Crippen LogP contribution is 2.49. The quantitative estimate of drug-likeness (QED) is 0.603. The summed E-state index contributed by atoms with van der Waals surface area (Å²) in [6, 6.07) is 23.9. The first-order chi connectivity index (χ1) is 15.1. The topological polar surface area (TPSA) is 59.1 Å². The van der Waals surface area contributed by atoms with Gasteiger partial charge in [0.2, 0.25) is 5.91 Å². The molecule has 6 heteroatoms. The molecule has 0 radical (unpaired) electrons. The van der Waals surface area contributed by atoms with Crippen LogP contribution in [0.5, 0.6) is 5.75 Å². The maximum atomic E-state index is 13.7. The van der Waals surface area contributed by atoms with E-state index in [0.29, 0.717) is 11.4 Å². The molecule has 6 nitrogen and oxygen atoms in total. The molecule has 2 saturated heterocycles. The van der Waals surface area contributed by atoms with Gasteiger partial charge in [-0.2, -0.15) is 0 Å². The van der Waals surface area contributed by atoms with Gasteiger partial charge < -0.3 is 4.74 Å². The Bertz CT molecular complexity index is 1150. The number of para-hydroxylation sites is 3. The van der Waals surface area contributed by atoms with Crippen molar-refractivity contribution in [2.45, 2.75) is 19.1 Å². The maximum absolute atomic E-state index is 13.7. The minimum Gasteiger partial charge on any atom is -0.496 e. The first-order valence-corrected chi connectivity index (χ1v) is 10.2. The number of anilines is 2. The van der Waals surface area contributed by atoms with E-state index >= 15 is 0 Å². The largest absolute Gasteiger partial charge is 0.496 e. The Hall–Kier alpha value is -3.64. The van der Waals surface area contributed by atoms with Crippen molar-refractivity contribution in [3.05, 3.63) is 90.0 Å². The van der Waals surface area contributed by atoms with E-state index < -0.39 is 18.1 Å². The number of hydrogen-bond donors (Lipinski definition) is 0. The van der Waals surface area contributed by atoms with Crippen LogP contribution in [-0.2, 0) is 14.4 Å². The van der Waals surface area contributed by atoms with Crippen LogP contribution >= 0.6 is 0 Å². The van der Waals surface area contributed by atoms with Crippen molar-refractivity contribution in [2.75, 3.05) is 17.1 Å². The van der Waals surface area contributed by atoms with Gasteiger partial charge in [-0.1, -0.05) is 54.6 Å². The molecule has 2 aliphatic rings. The second-order valence-corrected chi connectivity index (χ2v) is 7.70. The molecule has 2 heterocycles. The molecule has 2 aliphatic heterocycles. The molecule has 3 unspecified atom stereocenters. The molecule has 31 heavy (non-hydrogen) atoms. The highest BCUT2D eigenvalue weighted by atomic mass is 16.7. The van der Waals surface area contributed by atoms with Gasteiger partial charge in [0.05, 0.1) is 24.5 Å². The molecule has 0 aromatic heterocycles. The third-order valence-corrected chi connectivity index (χ3v) is 5.94. The van der Waals surface area contributed by atoms with E-state index in [1.54, 1.807) is 18.2 Å². The van der Waals surface area contributed by atoms with Crippen molar-refractivity contribution in [2.24, 2.45) is 5.92 Å². The van der Waals surface area contributed by atoms with Crippen molar-refractivity contribution in [3.63, 3.8) is 0 Å². The number of hydroxylamine groups is 1. The Balaban J connectivity index is 1.63. The lowest BCUT2D eigenvalue weighted by Crippen LogP contribution is -2.37. The van der Waals surface area contributed by atoms with E-state index in [1.165, 1.54) is 4.90 Å². The number of nitrogens with zero attached hydrogens (tertiary/aromatic N) is 2. The first kappa shape index (κ1) is 19.3. The average Bonchev–Trinajstić information content (AvgIpc) is 3.31. The summed E-state index contributed by atoms with van der Waals surface area (Å²) in [5.41, 5.74) is 3.03. The Morgan fingerprint density at radius 3 is 2.26 bits per heavy atom. The zero-order chi connectivity index (χ0) is 21.5. The monoisotopic (exact) mass is 414 g/mol. The lowest BCUT2D eigenvalue weighted by molar-refractivity contribution is -0.126. The highest BCUT2D eigenvalue weighted by molar-refractivity contribution is 6.24. The van der Waals surface area contributed by atoms with Gasteiger partial charge >= 0.3 is 0 Å². The van der Waals surface area contributed by atoms with Gasteiger partial charge in [0.25, 0.3) is 5.91 Å². The van der Waals surface area contributed by atoms with Crippen molar-refractivity contribution in [3.8, 4) is 5.75 Å². The summed E-state index contributed by atoms with van der Waals surface area (Å²) in [6.45, 7) is 1.89. The zero-order valence-electron chi connectivity index (χ0n) is 17.3. The van der Waals surface area contributed by atoms with E-state index in [-0.39, 0.29) is 11.8 Å². The molecule has 3 atom stereocenters. The summed E-state index contributed by atoms with van der Waals surface area (Å²) in [5.74, 6) is -0.655. The normalized spacial score (nSPS) is 22.7. The maximum Gasteiger partial charge on any atom is 0.266 e. The molecule has 0 saturated carbocycles. The SMILES string of the molecule is COc1ccccc1C1C2C(=O)N(c3ccccc3C)C(=O)C2ON1c1ccccc1. The van der Waals surface area contributed by atoms with Crippen LogP contribution in [0.15, 0.2) is 78.9 Å². The fourth-order valence-electron chi connectivity index (χ4n) is 4.49. The Morgan fingerprint density at radius 2 is 1.52 bits per heavy atom. The van der Waals surface area contributed by atoms with Crippen molar-refractivity contribution >= 4 is 23.2 Å². The number of carbonyl (C=O) groups is 2. The number of fused-ring (bicyclic) bond motifs is 1. The van der Waals surface area contributed by atoms with Gasteiger partial charge in [0, 0.05) is 5.56 Å². The number of aryl methyl sites for hydroxylation is 1. The van der Waals surface area contributed by atoms with Gasteiger partial charge in [0.15, 0.2) is 6.10 Å². The number of ether oxygens (including phenoxy) is 1. The molecule has 0 N–H and O–H groups in total. The molecular formula is C25H22N2O4. The van der Waals surface area contributed by atoms with Crippen LogP contribution in [-0.4, -0.2) is 25.0 Å². The van der Waals surface area contributed by atoms with Gasteiger partial charge in [0.1, 0.15) is 11.7 Å². The lowest BCUT2D eigenvalue weighted by Gasteiger charge is -2.29. The van der Waals surface area contributed by atoms with E-state index in [1.807, 2.05) is 79.7 Å². The molecule has 5 rings (SSSR count). The van der Waals surface area contributed by atoms with Gasteiger partial charge in [-0.25, -0.2) is 9.96 Å². The Morgan fingerprint density at radius 1 is 0.839 bits per heavy atom. The summed E-state index contributed by atoms with van der Waals surface area (Å²) < 4.78 is 5.59. The minimum atomic E-state index is -0.901. The molecule has 2 amide bonds. The second kappa shape index (κ2) is 7.56. The number of imide groups is 1. The summed E-state index contributed by atoms with van der Waals surface area (Å²) >= 11 is 0. The standard InChI is InChI=1S/C25H22N2O4/c1-16-10-6-8-14-19(16)26-24(28)21-22(18-13-7-9-15-20(18)30-2)27(31-23(21)25(26)29)17-11-4-3-5-12-17/h3-15,21-23H,1-2H3. The smallest absolute Gasteiger partial charge is 0.266 e. The third-order valence-electron chi connectivity index (χ3n) is 5.94.